The molecule has 1 amide bonds. The Bertz CT molecular complexity index is 1230. The van der Waals surface area contributed by atoms with Crippen molar-refractivity contribution in [1.82, 2.24) is 9.97 Å². The van der Waals surface area contributed by atoms with Crippen LogP contribution in [0.3, 0.4) is 0 Å². The number of halogens is 1. The topological polar surface area (TPSA) is 64.1 Å². The Kier molecular flexibility index (Phi) is 6.70. The van der Waals surface area contributed by atoms with E-state index in [2.05, 4.69) is 5.32 Å². The van der Waals surface area contributed by atoms with Crippen molar-refractivity contribution in [3.63, 3.8) is 0 Å². The zero-order valence-electron chi connectivity index (χ0n) is 16.8. The molecule has 5 nitrogen and oxygen atoms in total. The van der Waals surface area contributed by atoms with Gasteiger partial charge in [0.05, 0.1) is 29.6 Å². The molecular weight excluding hydrogens is 430 g/mol. The van der Waals surface area contributed by atoms with Crippen LogP contribution >= 0.6 is 23.4 Å². The smallest absolute Gasteiger partial charge is 0.234 e. The minimum atomic E-state index is -0.134. The molecule has 31 heavy (non-hydrogen) atoms. The standard InChI is InChI=1S/C24H20ClN3O2S/c1-30-22-12-5-2-7-16(22)13-21-24(28-20-11-4-3-10-19(20)27-21)31-15-23(29)26-18-9-6-8-17(25)14-18/h2-12,14H,13,15H2,1H3,(H,26,29). The molecule has 0 bridgehead atoms. The van der Waals surface area contributed by atoms with Gasteiger partial charge in [0.1, 0.15) is 10.8 Å². The van der Waals surface area contributed by atoms with Gasteiger partial charge in [0.2, 0.25) is 5.91 Å². The first kappa shape index (κ1) is 21.2. The lowest BCUT2D eigenvalue weighted by molar-refractivity contribution is -0.113. The van der Waals surface area contributed by atoms with Crippen molar-refractivity contribution in [1.29, 1.82) is 0 Å². The summed E-state index contributed by atoms with van der Waals surface area (Å²) >= 11 is 7.36. The van der Waals surface area contributed by atoms with E-state index >= 15 is 0 Å². The third kappa shape index (κ3) is 5.34. The average molecular weight is 450 g/mol. The molecule has 1 heterocycles. The highest BCUT2D eigenvalue weighted by molar-refractivity contribution is 8.00. The fourth-order valence-corrected chi connectivity index (χ4v) is 4.16. The minimum Gasteiger partial charge on any atom is -0.496 e. The molecule has 4 aromatic rings. The fraction of sp³-hybridized carbons (Fsp3) is 0.125. The number of amides is 1. The van der Waals surface area contributed by atoms with E-state index in [1.165, 1.54) is 11.8 Å². The molecule has 156 valence electrons. The van der Waals surface area contributed by atoms with Crippen LogP contribution in [0.1, 0.15) is 11.3 Å². The zero-order chi connectivity index (χ0) is 21.6. The number of nitrogens with zero attached hydrogens (tertiary/aromatic N) is 2. The van der Waals surface area contributed by atoms with Gasteiger partial charge < -0.3 is 10.1 Å². The van der Waals surface area contributed by atoms with E-state index in [1.54, 1.807) is 31.4 Å². The van der Waals surface area contributed by atoms with Crippen molar-refractivity contribution in [2.45, 2.75) is 11.4 Å². The molecule has 0 aliphatic heterocycles. The van der Waals surface area contributed by atoms with Gasteiger partial charge in [-0.1, -0.05) is 59.8 Å². The number of hydrogen-bond donors (Lipinski definition) is 1. The van der Waals surface area contributed by atoms with Crippen molar-refractivity contribution in [2.75, 3.05) is 18.2 Å². The van der Waals surface area contributed by atoms with E-state index in [0.717, 1.165) is 33.1 Å². The molecular formula is C24H20ClN3O2S. The quantitative estimate of drug-likeness (QED) is 0.371. The lowest BCUT2D eigenvalue weighted by atomic mass is 10.1. The van der Waals surface area contributed by atoms with E-state index < -0.39 is 0 Å². The van der Waals surface area contributed by atoms with Crippen LogP contribution in [-0.4, -0.2) is 28.7 Å². The number of rotatable bonds is 7. The van der Waals surface area contributed by atoms with Gasteiger partial charge >= 0.3 is 0 Å². The van der Waals surface area contributed by atoms with Gasteiger partial charge in [-0.25, -0.2) is 9.97 Å². The number of carbonyl (C=O) groups is 1. The number of carbonyl (C=O) groups excluding carboxylic acids is 1. The van der Waals surface area contributed by atoms with E-state index in [1.807, 2.05) is 48.5 Å². The van der Waals surface area contributed by atoms with Crippen molar-refractivity contribution in [2.24, 2.45) is 0 Å². The highest BCUT2D eigenvalue weighted by Crippen LogP contribution is 2.28. The van der Waals surface area contributed by atoms with Crippen LogP contribution in [0, 0.1) is 0 Å². The monoisotopic (exact) mass is 449 g/mol. The van der Waals surface area contributed by atoms with E-state index in [9.17, 15) is 4.79 Å². The maximum Gasteiger partial charge on any atom is 0.234 e. The largest absolute Gasteiger partial charge is 0.496 e. The predicted octanol–water partition coefficient (Wildman–Crippen LogP) is 5.61. The Balaban J connectivity index is 1.58. The summed E-state index contributed by atoms with van der Waals surface area (Å²) in [5.41, 5.74) is 4.10. The van der Waals surface area contributed by atoms with E-state index in [-0.39, 0.29) is 11.7 Å². The summed E-state index contributed by atoms with van der Waals surface area (Å²) in [6.07, 6.45) is 0.556. The number of ether oxygens (including phenoxy) is 1. The number of aromatic nitrogens is 2. The number of hydrogen-bond acceptors (Lipinski definition) is 5. The van der Waals surface area contributed by atoms with Gasteiger partial charge in [-0.15, -0.1) is 0 Å². The number of para-hydroxylation sites is 3. The van der Waals surface area contributed by atoms with Crippen molar-refractivity contribution in [3.05, 3.63) is 89.1 Å². The highest BCUT2D eigenvalue weighted by atomic mass is 35.5. The van der Waals surface area contributed by atoms with E-state index in [0.29, 0.717) is 17.1 Å². The van der Waals surface area contributed by atoms with Crippen molar-refractivity contribution >= 4 is 46.0 Å². The first-order valence-electron chi connectivity index (χ1n) is 9.68. The van der Waals surface area contributed by atoms with Gasteiger partial charge in [-0.2, -0.15) is 0 Å². The third-order valence-electron chi connectivity index (χ3n) is 4.60. The Labute approximate surface area is 189 Å². The molecule has 0 radical (unpaired) electrons. The average Bonchev–Trinajstić information content (AvgIpc) is 2.78. The third-order valence-corrected chi connectivity index (χ3v) is 5.85. The molecule has 0 saturated heterocycles. The molecule has 4 rings (SSSR count). The SMILES string of the molecule is COc1ccccc1Cc1nc2ccccc2nc1SCC(=O)Nc1cccc(Cl)c1. The lowest BCUT2D eigenvalue weighted by Gasteiger charge is -2.12. The summed E-state index contributed by atoms with van der Waals surface area (Å²) in [6, 6.07) is 22.6. The summed E-state index contributed by atoms with van der Waals surface area (Å²) in [5.74, 6) is 0.871. The van der Waals surface area contributed by atoms with Gasteiger partial charge in [0.15, 0.2) is 0 Å². The fourth-order valence-electron chi connectivity index (χ4n) is 3.18. The Morgan fingerprint density at radius 3 is 2.52 bits per heavy atom. The summed E-state index contributed by atoms with van der Waals surface area (Å²) in [6.45, 7) is 0. The Morgan fingerprint density at radius 2 is 1.74 bits per heavy atom. The maximum atomic E-state index is 12.5. The van der Waals surface area contributed by atoms with Crippen LogP contribution in [-0.2, 0) is 11.2 Å². The van der Waals surface area contributed by atoms with Crippen molar-refractivity contribution < 1.29 is 9.53 Å². The van der Waals surface area contributed by atoms with Crippen LogP contribution in [0.2, 0.25) is 5.02 Å². The molecule has 0 aliphatic rings. The van der Waals surface area contributed by atoms with Crippen LogP contribution in [0.4, 0.5) is 5.69 Å². The molecule has 0 unspecified atom stereocenters. The summed E-state index contributed by atoms with van der Waals surface area (Å²) in [4.78, 5) is 22.1. The molecule has 1 N–H and O–H groups in total. The Morgan fingerprint density at radius 1 is 1.00 bits per heavy atom. The summed E-state index contributed by atoms with van der Waals surface area (Å²) in [5, 5.41) is 4.17. The summed E-state index contributed by atoms with van der Waals surface area (Å²) in [7, 11) is 1.65. The number of anilines is 1. The molecule has 0 atom stereocenters. The first-order chi connectivity index (χ1) is 15.1. The molecule has 1 aromatic heterocycles. The number of nitrogens with one attached hydrogen (secondary N) is 1. The van der Waals surface area contributed by atoms with Crippen LogP contribution in [0.25, 0.3) is 11.0 Å². The Hall–Kier alpha value is -3.09. The lowest BCUT2D eigenvalue weighted by Crippen LogP contribution is -2.14. The maximum absolute atomic E-state index is 12.5. The second kappa shape index (κ2) is 9.81. The molecule has 3 aromatic carbocycles. The summed E-state index contributed by atoms with van der Waals surface area (Å²) < 4.78 is 5.49. The van der Waals surface area contributed by atoms with E-state index in [4.69, 9.17) is 26.3 Å². The highest BCUT2D eigenvalue weighted by Gasteiger charge is 2.14. The first-order valence-corrected chi connectivity index (χ1v) is 11.0. The van der Waals surface area contributed by atoms with Crippen LogP contribution in [0.15, 0.2) is 77.8 Å². The molecule has 0 saturated carbocycles. The van der Waals surface area contributed by atoms with Gasteiger partial charge in [0, 0.05) is 22.7 Å². The predicted molar refractivity (Wildman–Crippen MR) is 126 cm³/mol. The minimum absolute atomic E-state index is 0.134. The van der Waals surface area contributed by atoms with Gasteiger partial charge in [0.25, 0.3) is 0 Å². The number of methoxy groups -OCH3 is 1. The number of fused-ring (bicyclic) bond motifs is 1. The van der Waals surface area contributed by atoms with Crippen LogP contribution in [0.5, 0.6) is 5.75 Å². The van der Waals surface area contributed by atoms with Crippen molar-refractivity contribution in [3.8, 4) is 5.75 Å². The molecule has 0 aliphatic carbocycles. The van der Waals surface area contributed by atoms with Crippen LogP contribution < -0.4 is 10.1 Å². The van der Waals surface area contributed by atoms with Gasteiger partial charge in [-0.3, -0.25) is 4.79 Å². The molecule has 0 fully saturated rings. The second-order valence-electron chi connectivity index (χ2n) is 6.80. The number of thioether (sulfide) groups is 1. The molecule has 7 heteroatoms. The number of benzene rings is 3. The second-order valence-corrected chi connectivity index (χ2v) is 8.20. The normalized spacial score (nSPS) is 10.8. The zero-order valence-corrected chi connectivity index (χ0v) is 18.4. The molecule has 0 spiro atoms. The van der Waals surface area contributed by atoms with Gasteiger partial charge in [-0.05, 0) is 36.4 Å².